The zero-order chi connectivity index (χ0) is 16.8. The van der Waals surface area contributed by atoms with Crippen LogP contribution in [-0.4, -0.2) is 20.1 Å². The summed E-state index contributed by atoms with van der Waals surface area (Å²) in [6, 6.07) is 11.3. The molecule has 0 unspecified atom stereocenters. The lowest BCUT2D eigenvalue weighted by Crippen LogP contribution is -2.12. The maximum Gasteiger partial charge on any atom is 0.224 e. The Kier molecular flexibility index (Phi) is 6.47. The Balaban J connectivity index is 1.96. The van der Waals surface area contributed by atoms with E-state index < -0.39 is 0 Å². The molecule has 0 saturated heterocycles. The molecule has 23 heavy (non-hydrogen) atoms. The van der Waals surface area contributed by atoms with E-state index in [1.54, 1.807) is 14.2 Å². The Labute approximate surface area is 152 Å². The van der Waals surface area contributed by atoms with Gasteiger partial charge in [0, 0.05) is 15.4 Å². The van der Waals surface area contributed by atoms with Gasteiger partial charge in [-0.3, -0.25) is 4.79 Å². The van der Waals surface area contributed by atoms with Gasteiger partial charge in [-0.1, -0.05) is 22.0 Å². The van der Waals surface area contributed by atoms with Crippen molar-refractivity contribution in [2.45, 2.75) is 12.8 Å². The van der Waals surface area contributed by atoms with Gasteiger partial charge in [-0.05, 0) is 58.2 Å². The molecule has 122 valence electrons. The summed E-state index contributed by atoms with van der Waals surface area (Å²) in [4.78, 5) is 12.1. The number of aryl methyl sites for hydroxylation is 1. The number of carbonyl (C=O) groups is 1. The minimum Gasteiger partial charge on any atom is -0.493 e. The van der Waals surface area contributed by atoms with Crippen LogP contribution < -0.4 is 14.8 Å². The molecule has 2 rings (SSSR count). The topological polar surface area (TPSA) is 47.6 Å². The predicted octanol–water partition coefficient (Wildman–Crippen LogP) is 4.80. The predicted molar refractivity (Wildman–Crippen MR) is 98.3 cm³/mol. The molecule has 0 atom stereocenters. The van der Waals surface area contributed by atoms with E-state index in [0.29, 0.717) is 24.3 Å². The van der Waals surface area contributed by atoms with Crippen molar-refractivity contribution in [3.8, 4) is 11.5 Å². The molecule has 1 N–H and O–H groups in total. The van der Waals surface area contributed by atoms with Crippen LogP contribution in [0.15, 0.2) is 45.3 Å². The molecule has 4 nitrogen and oxygen atoms in total. The summed E-state index contributed by atoms with van der Waals surface area (Å²) in [6.07, 6.45) is 1.01. The van der Waals surface area contributed by atoms with Gasteiger partial charge in [0.05, 0.1) is 19.9 Å². The summed E-state index contributed by atoms with van der Waals surface area (Å²) >= 11 is 6.82. The molecular formula is C17H17Br2NO3. The second-order valence-electron chi connectivity index (χ2n) is 4.86. The lowest BCUT2D eigenvalue weighted by Gasteiger charge is -2.10. The molecule has 0 aliphatic carbocycles. The first-order valence-corrected chi connectivity index (χ1v) is 8.58. The highest BCUT2D eigenvalue weighted by molar-refractivity contribution is 9.11. The Morgan fingerprint density at radius 1 is 1.04 bits per heavy atom. The molecule has 0 aliphatic rings. The zero-order valence-corrected chi connectivity index (χ0v) is 16.0. The number of methoxy groups -OCH3 is 2. The maximum atomic E-state index is 12.1. The summed E-state index contributed by atoms with van der Waals surface area (Å²) in [7, 11) is 3.19. The molecule has 0 aliphatic heterocycles. The first kappa shape index (κ1) is 17.8. The normalized spacial score (nSPS) is 10.3. The first-order chi connectivity index (χ1) is 11.0. The van der Waals surface area contributed by atoms with Crippen molar-refractivity contribution in [1.82, 2.24) is 0 Å². The van der Waals surface area contributed by atoms with Gasteiger partial charge in [-0.25, -0.2) is 0 Å². The van der Waals surface area contributed by atoms with E-state index in [-0.39, 0.29) is 5.91 Å². The van der Waals surface area contributed by atoms with Crippen LogP contribution in [0.1, 0.15) is 12.0 Å². The third-order valence-electron chi connectivity index (χ3n) is 3.29. The second-order valence-corrected chi connectivity index (χ2v) is 6.63. The van der Waals surface area contributed by atoms with Crippen LogP contribution in [0.4, 0.5) is 5.69 Å². The van der Waals surface area contributed by atoms with Gasteiger partial charge in [0.1, 0.15) is 0 Å². The molecule has 1 amide bonds. The van der Waals surface area contributed by atoms with E-state index in [1.807, 2.05) is 36.4 Å². The van der Waals surface area contributed by atoms with Crippen LogP contribution in [0.5, 0.6) is 11.5 Å². The van der Waals surface area contributed by atoms with Gasteiger partial charge >= 0.3 is 0 Å². The third-order valence-corrected chi connectivity index (χ3v) is 4.44. The van der Waals surface area contributed by atoms with Crippen molar-refractivity contribution < 1.29 is 14.3 Å². The average Bonchev–Trinajstić information content (AvgIpc) is 2.55. The Morgan fingerprint density at radius 3 is 2.43 bits per heavy atom. The van der Waals surface area contributed by atoms with Crippen molar-refractivity contribution in [2.24, 2.45) is 0 Å². The molecule has 0 saturated carbocycles. The highest BCUT2D eigenvalue weighted by Gasteiger charge is 2.09. The van der Waals surface area contributed by atoms with E-state index in [4.69, 9.17) is 9.47 Å². The lowest BCUT2D eigenvalue weighted by atomic mass is 10.1. The van der Waals surface area contributed by atoms with Crippen LogP contribution in [-0.2, 0) is 11.2 Å². The number of amides is 1. The highest BCUT2D eigenvalue weighted by atomic mass is 79.9. The van der Waals surface area contributed by atoms with Gasteiger partial charge in [-0.15, -0.1) is 0 Å². The van der Waals surface area contributed by atoms with Crippen LogP contribution in [0.3, 0.4) is 0 Å². The van der Waals surface area contributed by atoms with Crippen molar-refractivity contribution in [3.05, 3.63) is 50.9 Å². The van der Waals surface area contributed by atoms with Crippen LogP contribution in [0, 0.1) is 0 Å². The number of ether oxygens (including phenoxy) is 2. The number of halogens is 2. The Morgan fingerprint density at radius 2 is 1.78 bits per heavy atom. The van der Waals surface area contributed by atoms with Gasteiger partial charge in [0.25, 0.3) is 0 Å². The summed E-state index contributed by atoms with van der Waals surface area (Å²) in [5.74, 6) is 1.31. The lowest BCUT2D eigenvalue weighted by molar-refractivity contribution is -0.116. The van der Waals surface area contributed by atoms with E-state index in [9.17, 15) is 4.79 Å². The highest BCUT2D eigenvalue weighted by Crippen LogP contribution is 2.28. The average molecular weight is 443 g/mol. The van der Waals surface area contributed by atoms with E-state index >= 15 is 0 Å². The number of benzene rings is 2. The quantitative estimate of drug-likeness (QED) is 0.698. The van der Waals surface area contributed by atoms with E-state index in [2.05, 4.69) is 37.2 Å². The number of nitrogens with one attached hydrogen (secondary N) is 1. The molecule has 6 heteroatoms. The SMILES string of the molecule is COc1ccc(CCC(=O)Nc2ccc(Br)cc2Br)cc1OC. The summed E-state index contributed by atoms with van der Waals surface area (Å²) in [6.45, 7) is 0. The van der Waals surface area contributed by atoms with Gasteiger partial charge in [0.2, 0.25) is 5.91 Å². The summed E-state index contributed by atoms with van der Waals surface area (Å²) in [5, 5.41) is 2.90. The maximum absolute atomic E-state index is 12.1. The van der Waals surface area contributed by atoms with Crippen LogP contribution in [0.2, 0.25) is 0 Å². The largest absolute Gasteiger partial charge is 0.493 e. The minimum absolute atomic E-state index is 0.0391. The van der Waals surface area contributed by atoms with Crippen molar-refractivity contribution in [1.29, 1.82) is 0 Å². The molecule has 2 aromatic carbocycles. The fourth-order valence-electron chi connectivity index (χ4n) is 2.10. The van der Waals surface area contributed by atoms with Crippen LogP contribution in [0.25, 0.3) is 0 Å². The summed E-state index contributed by atoms with van der Waals surface area (Å²) in [5.41, 5.74) is 1.78. The number of hydrogen-bond acceptors (Lipinski definition) is 3. The van der Waals surface area contributed by atoms with Crippen molar-refractivity contribution in [3.63, 3.8) is 0 Å². The fraction of sp³-hybridized carbons (Fsp3) is 0.235. The molecule has 0 spiro atoms. The molecular weight excluding hydrogens is 426 g/mol. The van der Waals surface area contributed by atoms with Gasteiger partial charge < -0.3 is 14.8 Å². The number of rotatable bonds is 6. The van der Waals surface area contributed by atoms with Gasteiger partial charge in [-0.2, -0.15) is 0 Å². The second kappa shape index (κ2) is 8.36. The standard InChI is InChI=1S/C17H17Br2NO3/c1-22-15-7-3-11(9-16(15)23-2)4-8-17(21)20-14-6-5-12(18)10-13(14)19/h3,5-7,9-10H,4,8H2,1-2H3,(H,20,21). The fourth-order valence-corrected chi connectivity index (χ4v) is 3.24. The molecule has 0 bridgehead atoms. The molecule has 2 aromatic rings. The minimum atomic E-state index is -0.0391. The van der Waals surface area contributed by atoms with E-state index in [0.717, 1.165) is 20.2 Å². The van der Waals surface area contributed by atoms with Crippen molar-refractivity contribution in [2.75, 3.05) is 19.5 Å². The zero-order valence-electron chi connectivity index (χ0n) is 12.9. The van der Waals surface area contributed by atoms with Gasteiger partial charge in [0.15, 0.2) is 11.5 Å². The number of anilines is 1. The number of carbonyl (C=O) groups excluding carboxylic acids is 1. The Bertz CT molecular complexity index is 704. The summed E-state index contributed by atoms with van der Waals surface area (Å²) < 4.78 is 12.3. The molecule has 0 radical (unpaired) electrons. The molecule has 0 heterocycles. The van der Waals surface area contributed by atoms with Crippen molar-refractivity contribution >= 4 is 43.5 Å². The first-order valence-electron chi connectivity index (χ1n) is 6.99. The molecule has 0 aromatic heterocycles. The monoisotopic (exact) mass is 441 g/mol. The molecule has 0 fully saturated rings. The smallest absolute Gasteiger partial charge is 0.224 e. The van der Waals surface area contributed by atoms with E-state index in [1.165, 1.54) is 0 Å². The third kappa shape index (κ3) is 4.97. The Hall–Kier alpha value is -1.53. The van der Waals surface area contributed by atoms with Crippen LogP contribution >= 0.6 is 31.9 Å². The number of hydrogen-bond donors (Lipinski definition) is 1.